The van der Waals surface area contributed by atoms with Gasteiger partial charge < -0.3 is 19.7 Å². The summed E-state index contributed by atoms with van der Waals surface area (Å²) in [5.41, 5.74) is 0. The fraction of sp³-hybridized carbons (Fsp3) is 0.929. The van der Waals surface area contributed by atoms with Crippen LogP contribution in [0, 0.1) is 0 Å². The minimum Gasteiger partial charge on any atom is -0.385 e. The van der Waals surface area contributed by atoms with Crippen molar-refractivity contribution in [1.29, 1.82) is 0 Å². The first-order chi connectivity index (χ1) is 9.85. The summed E-state index contributed by atoms with van der Waals surface area (Å²) >= 11 is 0. The number of nitrogens with one attached hydrogen (secondary N) is 1. The second kappa shape index (κ2) is 10.6. The average molecular weight is 412 g/mol. The molecule has 0 aliphatic carbocycles. The number of hydrogen-bond donors (Lipinski definition) is 1. The SMILES string of the molecule is CN=C(NCCCOC)N1CCC(N2CCOCC2)C1.I. The van der Waals surface area contributed by atoms with Crippen LogP contribution in [0.1, 0.15) is 12.8 Å². The van der Waals surface area contributed by atoms with Crippen LogP contribution in [0.3, 0.4) is 0 Å². The van der Waals surface area contributed by atoms with Crippen molar-refractivity contribution in [3.05, 3.63) is 0 Å². The van der Waals surface area contributed by atoms with Gasteiger partial charge in [0, 0.05) is 59.5 Å². The molecule has 0 aromatic heterocycles. The molecule has 0 aromatic carbocycles. The van der Waals surface area contributed by atoms with Crippen LogP contribution < -0.4 is 5.32 Å². The third-order valence-corrected chi connectivity index (χ3v) is 4.05. The highest BCUT2D eigenvalue weighted by Gasteiger charge is 2.29. The van der Waals surface area contributed by atoms with E-state index in [2.05, 4.69) is 20.1 Å². The van der Waals surface area contributed by atoms with Crippen molar-refractivity contribution in [2.45, 2.75) is 18.9 Å². The second-order valence-corrected chi connectivity index (χ2v) is 5.36. The highest BCUT2D eigenvalue weighted by atomic mass is 127. The zero-order chi connectivity index (χ0) is 14.2. The Morgan fingerprint density at radius 3 is 2.76 bits per heavy atom. The summed E-state index contributed by atoms with van der Waals surface area (Å²) in [6.45, 7) is 7.76. The molecule has 1 atom stereocenters. The van der Waals surface area contributed by atoms with E-state index in [9.17, 15) is 0 Å². The number of likely N-dealkylation sites (tertiary alicyclic amines) is 1. The molecule has 124 valence electrons. The molecule has 1 unspecified atom stereocenters. The Balaban J connectivity index is 0.00000220. The molecule has 0 aromatic rings. The molecule has 0 radical (unpaired) electrons. The molecule has 0 saturated carbocycles. The van der Waals surface area contributed by atoms with Gasteiger partial charge in [0.2, 0.25) is 0 Å². The van der Waals surface area contributed by atoms with Gasteiger partial charge in [-0.1, -0.05) is 0 Å². The van der Waals surface area contributed by atoms with Crippen molar-refractivity contribution in [2.75, 3.05) is 66.7 Å². The molecule has 2 saturated heterocycles. The van der Waals surface area contributed by atoms with Gasteiger partial charge >= 0.3 is 0 Å². The van der Waals surface area contributed by atoms with Crippen LogP contribution in [0.4, 0.5) is 0 Å². The molecule has 2 heterocycles. The summed E-state index contributed by atoms with van der Waals surface area (Å²) < 4.78 is 10.5. The van der Waals surface area contributed by atoms with Gasteiger partial charge in [-0.25, -0.2) is 0 Å². The fourth-order valence-electron chi connectivity index (χ4n) is 2.92. The zero-order valence-electron chi connectivity index (χ0n) is 13.2. The summed E-state index contributed by atoms with van der Waals surface area (Å²) in [5, 5.41) is 3.42. The number of morpholine rings is 1. The Hall–Kier alpha value is -0.120. The molecule has 21 heavy (non-hydrogen) atoms. The summed E-state index contributed by atoms with van der Waals surface area (Å²) in [5.74, 6) is 1.02. The lowest BCUT2D eigenvalue weighted by atomic mass is 10.2. The maximum atomic E-state index is 5.43. The number of rotatable bonds is 5. The van der Waals surface area contributed by atoms with Crippen molar-refractivity contribution < 1.29 is 9.47 Å². The van der Waals surface area contributed by atoms with Crippen LogP contribution in [0.25, 0.3) is 0 Å². The minimum absolute atomic E-state index is 0. The molecular weight excluding hydrogens is 383 g/mol. The molecule has 0 spiro atoms. The van der Waals surface area contributed by atoms with E-state index >= 15 is 0 Å². The second-order valence-electron chi connectivity index (χ2n) is 5.36. The number of ether oxygens (including phenoxy) is 2. The topological polar surface area (TPSA) is 49.3 Å². The van der Waals surface area contributed by atoms with Crippen LogP contribution in [0.15, 0.2) is 4.99 Å². The van der Waals surface area contributed by atoms with Gasteiger partial charge in [0.05, 0.1) is 13.2 Å². The Morgan fingerprint density at radius 1 is 1.33 bits per heavy atom. The van der Waals surface area contributed by atoms with E-state index in [4.69, 9.17) is 9.47 Å². The van der Waals surface area contributed by atoms with E-state index < -0.39 is 0 Å². The van der Waals surface area contributed by atoms with Crippen molar-refractivity contribution in [3.8, 4) is 0 Å². The highest BCUT2D eigenvalue weighted by Crippen LogP contribution is 2.16. The third kappa shape index (κ3) is 5.88. The van der Waals surface area contributed by atoms with Gasteiger partial charge in [-0.3, -0.25) is 9.89 Å². The van der Waals surface area contributed by atoms with Crippen molar-refractivity contribution >= 4 is 29.9 Å². The maximum absolute atomic E-state index is 5.43. The van der Waals surface area contributed by atoms with E-state index in [1.165, 1.54) is 6.42 Å². The van der Waals surface area contributed by atoms with Gasteiger partial charge in [-0.2, -0.15) is 0 Å². The maximum Gasteiger partial charge on any atom is 0.193 e. The van der Waals surface area contributed by atoms with E-state index in [0.717, 1.165) is 64.9 Å². The Bertz CT molecular complexity index is 311. The predicted octanol–water partition coefficient (Wildman–Crippen LogP) is 0.623. The van der Waals surface area contributed by atoms with E-state index in [-0.39, 0.29) is 24.0 Å². The number of nitrogens with zero attached hydrogens (tertiary/aromatic N) is 3. The molecule has 6 nitrogen and oxygen atoms in total. The number of halogens is 1. The van der Waals surface area contributed by atoms with Crippen LogP contribution in [-0.2, 0) is 9.47 Å². The predicted molar refractivity (Wildman–Crippen MR) is 95.6 cm³/mol. The molecule has 2 aliphatic rings. The van der Waals surface area contributed by atoms with E-state index in [0.29, 0.717) is 6.04 Å². The molecule has 0 amide bonds. The normalized spacial score (nSPS) is 24.0. The molecule has 0 bridgehead atoms. The third-order valence-electron chi connectivity index (χ3n) is 4.05. The molecule has 1 N–H and O–H groups in total. The lowest BCUT2D eigenvalue weighted by Crippen LogP contribution is -2.46. The number of hydrogen-bond acceptors (Lipinski definition) is 4. The first-order valence-electron chi connectivity index (χ1n) is 7.61. The molecule has 2 fully saturated rings. The minimum atomic E-state index is 0. The van der Waals surface area contributed by atoms with Crippen molar-refractivity contribution in [1.82, 2.24) is 15.1 Å². The van der Waals surface area contributed by atoms with E-state index in [1.54, 1.807) is 7.11 Å². The van der Waals surface area contributed by atoms with E-state index in [1.807, 2.05) is 7.05 Å². The first-order valence-corrected chi connectivity index (χ1v) is 7.61. The summed E-state index contributed by atoms with van der Waals surface area (Å²) in [6, 6.07) is 0.649. The van der Waals surface area contributed by atoms with Gasteiger partial charge in [0.15, 0.2) is 5.96 Å². The van der Waals surface area contributed by atoms with Crippen LogP contribution >= 0.6 is 24.0 Å². The smallest absolute Gasteiger partial charge is 0.193 e. The van der Waals surface area contributed by atoms with Crippen LogP contribution in [0.2, 0.25) is 0 Å². The van der Waals surface area contributed by atoms with Crippen LogP contribution in [-0.4, -0.2) is 88.5 Å². The highest BCUT2D eigenvalue weighted by molar-refractivity contribution is 14.0. The molecule has 7 heteroatoms. The summed E-state index contributed by atoms with van der Waals surface area (Å²) in [6.07, 6.45) is 2.23. The van der Waals surface area contributed by atoms with Gasteiger partial charge in [0.1, 0.15) is 0 Å². The van der Waals surface area contributed by atoms with Crippen molar-refractivity contribution in [2.24, 2.45) is 4.99 Å². The molecule has 2 rings (SSSR count). The van der Waals surface area contributed by atoms with Crippen LogP contribution in [0.5, 0.6) is 0 Å². The quantitative estimate of drug-likeness (QED) is 0.311. The van der Waals surface area contributed by atoms with Gasteiger partial charge in [-0.15, -0.1) is 24.0 Å². The number of guanidine groups is 1. The number of aliphatic imine (C=N–C) groups is 1. The van der Waals surface area contributed by atoms with Gasteiger partial charge in [-0.05, 0) is 12.8 Å². The Morgan fingerprint density at radius 2 is 2.10 bits per heavy atom. The van der Waals surface area contributed by atoms with Gasteiger partial charge in [0.25, 0.3) is 0 Å². The average Bonchev–Trinajstić information content (AvgIpc) is 2.98. The fourth-order valence-corrected chi connectivity index (χ4v) is 2.92. The Kier molecular flexibility index (Phi) is 9.54. The Labute approximate surface area is 145 Å². The first kappa shape index (κ1) is 18.9. The number of methoxy groups -OCH3 is 1. The monoisotopic (exact) mass is 412 g/mol. The zero-order valence-corrected chi connectivity index (χ0v) is 15.5. The summed E-state index contributed by atoms with van der Waals surface area (Å²) in [4.78, 5) is 9.32. The largest absolute Gasteiger partial charge is 0.385 e. The van der Waals surface area contributed by atoms with Crippen molar-refractivity contribution in [3.63, 3.8) is 0 Å². The summed E-state index contributed by atoms with van der Waals surface area (Å²) in [7, 11) is 3.60. The standard InChI is InChI=1S/C14H28N4O2.HI/c1-15-14(16-5-3-9-19-2)18-6-4-13(12-18)17-7-10-20-11-8-17;/h13H,3-12H2,1-2H3,(H,15,16);1H. The lowest BCUT2D eigenvalue weighted by molar-refractivity contribution is 0.0195. The molecule has 2 aliphatic heterocycles. The molecular formula is C14H29IN4O2. The lowest BCUT2D eigenvalue weighted by Gasteiger charge is -2.32.